The van der Waals surface area contributed by atoms with E-state index in [0.29, 0.717) is 6.04 Å². The smallest absolute Gasteiger partial charge is 0.193 e. The first-order chi connectivity index (χ1) is 11.3. The Balaban J connectivity index is 1.45. The molecule has 0 saturated carbocycles. The maximum absolute atomic E-state index is 5.82. The molecule has 3 saturated heterocycles. The summed E-state index contributed by atoms with van der Waals surface area (Å²) in [6.45, 7) is 9.67. The Hall–Kier alpha value is -0.890. The third-order valence-corrected chi connectivity index (χ3v) is 5.07. The molecule has 2 unspecified atom stereocenters. The van der Waals surface area contributed by atoms with Crippen LogP contribution in [0.2, 0.25) is 0 Å². The average molecular weight is 325 g/mol. The molecule has 0 aromatic rings. The van der Waals surface area contributed by atoms with Gasteiger partial charge in [-0.05, 0) is 13.5 Å². The molecule has 3 aliphatic heterocycles. The summed E-state index contributed by atoms with van der Waals surface area (Å²) in [5.74, 6) is 1.01. The second-order valence-corrected chi connectivity index (χ2v) is 6.72. The highest BCUT2D eigenvalue weighted by atomic mass is 16.5. The topological polar surface area (TPSA) is 52.6 Å². The van der Waals surface area contributed by atoms with Gasteiger partial charge in [0, 0.05) is 58.9 Å². The lowest BCUT2D eigenvalue weighted by molar-refractivity contribution is -0.0163. The molecule has 0 amide bonds. The summed E-state index contributed by atoms with van der Waals surface area (Å²) in [6, 6.07) is 0.634. The molecule has 0 aromatic carbocycles. The third kappa shape index (κ3) is 4.56. The normalized spacial score (nSPS) is 31.6. The Morgan fingerprint density at radius 3 is 2.70 bits per heavy atom. The van der Waals surface area contributed by atoms with Crippen LogP contribution >= 0.6 is 0 Å². The van der Waals surface area contributed by atoms with Crippen LogP contribution in [0.25, 0.3) is 0 Å². The largest absolute Gasteiger partial charge is 0.379 e. The number of guanidine groups is 1. The van der Waals surface area contributed by atoms with Gasteiger partial charge >= 0.3 is 0 Å². The fourth-order valence-corrected chi connectivity index (χ4v) is 3.70. The van der Waals surface area contributed by atoms with Crippen LogP contribution in [0.1, 0.15) is 6.42 Å². The monoisotopic (exact) mass is 325 g/mol. The molecule has 0 bridgehead atoms. The summed E-state index contributed by atoms with van der Waals surface area (Å²) in [4.78, 5) is 11.7. The van der Waals surface area contributed by atoms with Crippen molar-refractivity contribution >= 4 is 5.96 Å². The van der Waals surface area contributed by atoms with Crippen molar-refractivity contribution < 1.29 is 9.47 Å². The zero-order chi connectivity index (χ0) is 16.1. The van der Waals surface area contributed by atoms with E-state index in [4.69, 9.17) is 9.47 Å². The molecule has 0 aromatic heterocycles. The highest BCUT2D eigenvalue weighted by Crippen LogP contribution is 2.17. The van der Waals surface area contributed by atoms with E-state index >= 15 is 0 Å². The fourth-order valence-electron chi connectivity index (χ4n) is 3.70. The zero-order valence-corrected chi connectivity index (χ0v) is 14.5. The van der Waals surface area contributed by atoms with Crippen molar-refractivity contribution in [2.75, 3.05) is 79.7 Å². The second-order valence-electron chi connectivity index (χ2n) is 6.72. The zero-order valence-electron chi connectivity index (χ0n) is 14.5. The average Bonchev–Trinajstić information content (AvgIpc) is 3.06. The molecule has 2 atom stereocenters. The van der Waals surface area contributed by atoms with Crippen LogP contribution < -0.4 is 5.32 Å². The van der Waals surface area contributed by atoms with E-state index in [1.807, 2.05) is 7.05 Å². The number of hydrogen-bond donors (Lipinski definition) is 1. The number of nitrogens with one attached hydrogen (secondary N) is 1. The molecule has 3 aliphatic rings. The van der Waals surface area contributed by atoms with Crippen molar-refractivity contribution in [3.63, 3.8) is 0 Å². The molecule has 3 fully saturated rings. The molecule has 132 valence electrons. The summed E-state index contributed by atoms with van der Waals surface area (Å²) in [7, 11) is 4.02. The number of hydrogen-bond acceptors (Lipinski definition) is 5. The first kappa shape index (κ1) is 17.0. The minimum Gasteiger partial charge on any atom is -0.379 e. The minimum atomic E-state index is 0.253. The Morgan fingerprint density at radius 2 is 1.96 bits per heavy atom. The summed E-state index contributed by atoms with van der Waals surface area (Å²) >= 11 is 0. The van der Waals surface area contributed by atoms with E-state index < -0.39 is 0 Å². The molecule has 1 N–H and O–H groups in total. The molecule has 0 radical (unpaired) electrons. The fraction of sp³-hybridized carbons (Fsp3) is 0.938. The van der Waals surface area contributed by atoms with Gasteiger partial charge in [0.2, 0.25) is 0 Å². The SMILES string of the molecule is CN=C(NCC1CN(C)CCO1)N1CCC(N2CCOCC2)C1. The van der Waals surface area contributed by atoms with Gasteiger partial charge in [-0.2, -0.15) is 0 Å². The molecule has 3 heterocycles. The molecule has 0 spiro atoms. The van der Waals surface area contributed by atoms with E-state index in [9.17, 15) is 0 Å². The van der Waals surface area contributed by atoms with Crippen molar-refractivity contribution in [2.45, 2.75) is 18.6 Å². The van der Waals surface area contributed by atoms with E-state index in [1.54, 1.807) is 0 Å². The van der Waals surface area contributed by atoms with Crippen molar-refractivity contribution in [3.05, 3.63) is 0 Å². The summed E-state index contributed by atoms with van der Waals surface area (Å²) in [5, 5.41) is 3.51. The van der Waals surface area contributed by atoms with Gasteiger partial charge in [0.05, 0.1) is 25.9 Å². The minimum absolute atomic E-state index is 0.253. The Bertz CT molecular complexity index is 400. The highest BCUT2D eigenvalue weighted by Gasteiger charge is 2.30. The van der Waals surface area contributed by atoms with Crippen LogP contribution in [-0.2, 0) is 9.47 Å². The third-order valence-electron chi connectivity index (χ3n) is 5.07. The van der Waals surface area contributed by atoms with Gasteiger partial charge in [-0.15, -0.1) is 0 Å². The second kappa shape index (κ2) is 8.28. The molecular weight excluding hydrogens is 294 g/mol. The van der Waals surface area contributed by atoms with Crippen LogP contribution in [0.4, 0.5) is 0 Å². The summed E-state index contributed by atoms with van der Waals surface area (Å²) in [5.41, 5.74) is 0. The predicted octanol–water partition coefficient (Wildman–Crippen LogP) is -0.701. The standard InChI is InChI=1S/C16H31N5O2/c1-17-16(18-11-15-13-19(2)5-10-23-15)21-4-3-14(12-21)20-6-8-22-9-7-20/h14-15H,3-13H2,1-2H3,(H,17,18). The van der Waals surface area contributed by atoms with Crippen LogP contribution in [-0.4, -0.2) is 113 Å². The van der Waals surface area contributed by atoms with Crippen LogP contribution in [0, 0.1) is 0 Å². The number of nitrogens with zero attached hydrogens (tertiary/aromatic N) is 4. The van der Waals surface area contributed by atoms with Gasteiger partial charge in [0.15, 0.2) is 5.96 Å². The molecule has 7 nitrogen and oxygen atoms in total. The molecule has 3 rings (SSSR count). The maximum atomic E-state index is 5.82. The molecule has 0 aliphatic carbocycles. The number of aliphatic imine (C=N–C) groups is 1. The van der Waals surface area contributed by atoms with Gasteiger partial charge in [0.1, 0.15) is 0 Å². The van der Waals surface area contributed by atoms with Crippen LogP contribution in [0.3, 0.4) is 0 Å². The Kier molecular flexibility index (Phi) is 6.10. The number of rotatable bonds is 3. The number of likely N-dealkylation sites (tertiary alicyclic amines) is 1. The van der Waals surface area contributed by atoms with Gasteiger partial charge in [-0.1, -0.05) is 0 Å². The van der Waals surface area contributed by atoms with Gasteiger partial charge in [0.25, 0.3) is 0 Å². The quantitative estimate of drug-likeness (QED) is 0.547. The lowest BCUT2D eigenvalue weighted by Gasteiger charge is -2.33. The van der Waals surface area contributed by atoms with Crippen molar-refractivity contribution in [1.29, 1.82) is 0 Å². The summed E-state index contributed by atoms with van der Waals surface area (Å²) < 4.78 is 11.3. The first-order valence-corrected chi connectivity index (χ1v) is 8.84. The molecule has 7 heteroatoms. The van der Waals surface area contributed by atoms with E-state index in [0.717, 1.165) is 71.6 Å². The Morgan fingerprint density at radius 1 is 1.13 bits per heavy atom. The van der Waals surface area contributed by atoms with E-state index in [2.05, 4.69) is 32.1 Å². The van der Waals surface area contributed by atoms with Gasteiger partial charge in [-0.25, -0.2) is 0 Å². The number of ether oxygens (including phenoxy) is 2. The number of morpholine rings is 2. The Labute approximate surface area is 139 Å². The molecule has 23 heavy (non-hydrogen) atoms. The van der Waals surface area contributed by atoms with Crippen LogP contribution in [0.5, 0.6) is 0 Å². The van der Waals surface area contributed by atoms with E-state index in [-0.39, 0.29) is 6.10 Å². The number of likely N-dealkylation sites (N-methyl/N-ethyl adjacent to an activating group) is 1. The van der Waals surface area contributed by atoms with Crippen molar-refractivity contribution in [2.24, 2.45) is 4.99 Å². The highest BCUT2D eigenvalue weighted by molar-refractivity contribution is 5.80. The lowest BCUT2D eigenvalue weighted by atomic mass is 10.2. The van der Waals surface area contributed by atoms with Gasteiger partial charge < -0.3 is 24.6 Å². The van der Waals surface area contributed by atoms with Crippen molar-refractivity contribution in [3.8, 4) is 0 Å². The molecular formula is C16H31N5O2. The maximum Gasteiger partial charge on any atom is 0.193 e. The van der Waals surface area contributed by atoms with Crippen molar-refractivity contribution in [1.82, 2.24) is 20.0 Å². The van der Waals surface area contributed by atoms with Gasteiger partial charge in [-0.3, -0.25) is 9.89 Å². The summed E-state index contributed by atoms with van der Waals surface area (Å²) in [6.07, 6.45) is 1.46. The first-order valence-electron chi connectivity index (χ1n) is 8.84. The van der Waals surface area contributed by atoms with E-state index in [1.165, 1.54) is 6.42 Å². The van der Waals surface area contributed by atoms with Crippen LogP contribution in [0.15, 0.2) is 4.99 Å². The predicted molar refractivity (Wildman–Crippen MR) is 91.0 cm³/mol. The lowest BCUT2D eigenvalue weighted by Crippen LogP contribution is -2.50.